The number of nitrogens with one attached hydrogen (secondary N) is 1. The number of carbonyl (C=O) groups is 2. The Hall–Kier alpha value is -2.70. The van der Waals surface area contributed by atoms with E-state index in [4.69, 9.17) is 9.47 Å². The van der Waals surface area contributed by atoms with E-state index in [0.29, 0.717) is 17.5 Å². The van der Waals surface area contributed by atoms with Gasteiger partial charge >= 0.3 is 5.97 Å². The van der Waals surface area contributed by atoms with Crippen molar-refractivity contribution in [2.75, 3.05) is 6.61 Å². The van der Waals surface area contributed by atoms with Crippen molar-refractivity contribution in [2.24, 2.45) is 0 Å². The second-order valence-corrected chi connectivity index (χ2v) is 5.79. The van der Waals surface area contributed by atoms with Gasteiger partial charge in [-0.15, -0.1) is 0 Å². The zero-order chi connectivity index (χ0) is 17.6. The highest BCUT2D eigenvalue weighted by atomic mass is 16.6. The Kier molecular flexibility index (Phi) is 5.42. The zero-order valence-corrected chi connectivity index (χ0v) is 13.5. The Balaban J connectivity index is 1.50. The molecule has 1 aliphatic rings. The third kappa shape index (κ3) is 4.43. The van der Waals surface area contributed by atoms with Crippen molar-refractivity contribution in [3.05, 3.63) is 71.8 Å². The summed E-state index contributed by atoms with van der Waals surface area (Å²) < 4.78 is 10.6. The molecule has 0 unspecified atom stereocenters. The number of rotatable bonds is 5. The smallest absolute Gasteiger partial charge is 0.338 e. The third-order valence-electron chi connectivity index (χ3n) is 3.96. The van der Waals surface area contributed by atoms with E-state index in [-0.39, 0.29) is 12.5 Å². The van der Waals surface area contributed by atoms with E-state index in [1.165, 1.54) is 0 Å². The summed E-state index contributed by atoms with van der Waals surface area (Å²) in [6, 6.07) is 16.8. The summed E-state index contributed by atoms with van der Waals surface area (Å²) in [5, 5.41) is 12.7. The number of carbonyl (C=O) groups excluding carboxylic acids is 2. The molecule has 0 aromatic heterocycles. The van der Waals surface area contributed by atoms with Crippen LogP contribution in [-0.2, 0) is 9.47 Å². The summed E-state index contributed by atoms with van der Waals surface area (Å²) in [6.45, 7) is 0.0164. The molecule has 0 spiro atoms. The summed E-state index contributed by atoms with van der Waals surface area (Å²) in [5.74, 6) is -0.731. The molecule has 1 amide bonds. The Morgan fingerprint density at radius 3 is 2.28 bits per heavy atom. The SMILES string of the molecule is O=C(N[C@@H]1C[C@@H](COC(=O)c2ccccc2)O[C@H]1O)c1ccccc1. The van der Waals surface area contributed by atoms with Crippen LogP contribution in [-0.4, -0.2) is 42.0 Å². The van der Waals surface area contributed by atoms with Crippen LogP contribution in [0.3, 0.4) is 0 Å². The molecule has 0 radical (unpaired) electrons. The molecule has 130 valence electrons. The van der Waals surface area contributed by atoms with E-state index in [0.717, 1.165) is 0 Å². The van der Waals surface area contributed by atoms with Gasteiger partial charge in [0.25, 0.3) is 5.91 Å². The van der Waals surface area contributed by atoms with Gasteiger partial charge in [-0.2, -0.15) is 0 Å². The van der Waals surface area contributed by atoms with Crippen LogP contribution in [0.15, 0.2) is 60.7 Å². The summed E-state index contributed by atoms with van der Waals surface area (Å²) in [4.78, 5) is 24.1. The van der Waals surface area contributed by atoms with E-state index in [1.54, 1.807) is 48.5 Å². The van der Waals surface area contributed by atoms with Crippen molar-refractivity contribution in [3.8, 4) is 0 Å². The number of amides is 1. The molecule has 25 heavy (non-hydrogen) atoms. The van der Waals surface area contributed by atoms with Gasteiger partial charge in [0.2, 0.25) is 0 Å². The standard InChI is InChI=1S/C19H19NO5/c21-17(13-7-3-1-4-8-13)20-16-11-15(25-19(16)23)12-24-18(22)14-9-5-2-6-10-14/h1-10,15-16,19,23H,11-12H2,(H,20,21)/t15-,16+,19+/m0/s1. The Morgan fingerprint density at radius 1 is 1.04 bits per heavy atom. The minimum atomic E-state index is -1.13. The van der Waals surface area contributed by atoms with E-state index in [1.807, 2.05) is 12.1 Å². The highest BCUT2D eigenvalue weighted by Gasteiger charge is 2.35. The van der Waals surface area contributed by atoms with Gasteiger partial charge in [0.15, 0.2) is 6.29 Å². The molecule has 0 saturated carbocycles. The van der Waals surface area contributed by atoms with Crippen LogP contribution in [0, 0.1) is 0 Å². The molecule has 3 rings (SSSR count). The van der Waals surface area contributed by atoms with Gasteiger partial charge < -0.3 is 19.9 Å². The van der Waals surface area contributed by atoms with Gasteiger partial charge in [-0.25, -0.2) is 4.79 Å². The monoisotopic (exact) mass is 341 g/mol. The van der Waals surface area contributed by atoms with E-state index < -0.39 is 24.4 Å². The normalized spacial score (nSPS) is 22.4. The van der Waals surface area contributed by atoms with Gasteiger partial charge in [0.1, 0.15) is 6.61 Å². The van der Waals surface area contributed by atoms with Crippen LogP contribution in [0.1, 0.15) is 27.1 Å². The molecule has 1 aliphatic heterocycles. The van der Waals surface area contributed by atoms with E-state index in [2.05, 4.69) is 5.32 Å². The molecule has 1 heterocycles. The minimum Gasteiger partial charge on any atom is -0.459 e. The number of aliphatic hydroxyl groups is 1. The molecule has 1 saturated heterocycles. The molecule has 6 heteroatoms. The number of benzene rings is 2. The maximum Gasteiger partial charge on any atom is 0.338 e. The maximum absolute atomic E-state index is 12.1. The Bertz CT molecular complexity index is 719. The first kappa shape index (κ1) is 17.1. The van der Waals surface area contributed by atoms with Crippen molar-refractivity contribution >= 4 is 11.9 Å². The Labute approximate surface area is 145 Å². The van der Waals surface area contributed by atoms with Crippen molar-refractivity contribution in [1.82, 2.24) is 5.32 Å². The van der Waals surface area contributed by atoms with Crippen molar-refractivity contribution in [3.63, 3.8) is 0 Å². The molecular formula is C19H19NO5. The van der Waals surface area contributed by atoms with Crippen LogP contribution >= 0.6 is 0 Å². The van der Waals surface area contributed by atoms with Crippen LogP contribution in [0.4, 0.5) is 0 Å². The van der Waals surface area contributed by atoms with Crippen LogP contribution < -0.4 is 5.32 Å². The second-order valence-electron chi connectivity index (χ2n) is 5.79. The van der Waals surface area contributed by atoms with Crippen molar-refractivity contribution in [1.29, 1.82) is 0 Å². The lowest BCUT2D eigenvalue weighted by Gasteiger charge is -2.14. The first-order chi connectivity index (χ1) is 12.1. The second kappa shape index (κ2) is 7.92. The zero-order valence-electron chi connectivity index (χ0n) is 13.5. The van der Waals surface area contributed by atoms with Crippen LogP contribution in [0.2, 0.25) is 0 Å². The van der Waals surface area contributed by atoms with Crippen LogP contribution in [0.5, 0.6) is 0 Å². The fourth-order valence-electron chi connectivity index (χ4n) is 2.65. The molecule has 2 N–H and O–H groups in total. The number of aliphatic hydroxyl groups excluding tert-OH is 1. The fourth-order valence-corrected chi connectivity index (χ4v) is 2.65. The van der Waals surface area contributed by atoms with Crippen molar-refractivity contribution in [2.45, 2.75) is 24.9 Å². The highest BCUT2D eigenvalue weighted by molar-refractivity contribution is 5.94. The summed E-state index contributed by atoms with van der Waals surface area (Å²) in [5.41, 5.74) is 0.962. The van der Waals surface area contributed by atoms with Gasteiger partial charge in [0, 0.05) is 12.0 Å². The van der Waals surface area contributed by atoms with Gasteiger partial charge in [0.05, 0.1) is 17.7 Å². The number of hydrogen-bond donors (Lipinski definition) is 2. The molecule has 1 fully saturated rings. The lowest BCUT2D eigenvalue weighted by atomic mass is 10.1. The molecule has 3 atom stereocenters. The lowest BCUT2D eigenvalue weighted by Crippen LogP contribution is -2.40. The van der Waals surface area contributed by atoms with E-state index in [9.17, 15) is 14.7 Å². The molecule has 2 aromatic carbocycles. The summed E-state index contributed by atoms with van der Waals surface area (Å²) in [7, 11) is 0. The first-order valence-corrected chi connectivity index (χ1v) is 8.05. The molecule has 2 aromatic rings. The largest absolute Gasteiger partial charge is 0.459 e. The molecular weight excluding hydrogens is 322 g/mol. The lowest BCUT2D eigenvalue weighted by molar-refractivity contribution is -0.109. The van der Waals surface area contributed by atoms with Gasteiger partial charge in [-0.3, -0.25) is 4.79 Å². The van der Waals surface area contributed by atoms with Crippen LogP contribution in [0.25, 0.3) is 0 Å². The minimum absolute atomic E-state index is 0.0164. The Morgan fingerprint density at radius 2 is 1.64 bits per heavy atom. The van der Waals surface area contributed by atoms with Gasteiger partial charge in [-0.05, 0) is 24.3 Å². The number of esters is 1. The topological polar surface area (TPSA) is 84.9 Å². The average Bonchev–Trinajstić information content (AvgIpc) is 3.00. The maximum atomic E-state index is 12.1. The van der Waals surface area contributed by atoms with Crippen molar-refractivity contribution < 1.29 is 24.2 Å². The predicted molar refractivity (Wildman–Crippen MR) is 89.9 cm³/mol. The number of hydrogen-bond acceptors (Lipinski definition) is 5. The molecule has 0 bridgehead atoms. The predicted octanol–water partition coefficient (Wildman–Crippen LogP) is 1.75. The van der Waals surface area contributed by atoms with Gasteiger partial charge in [-0.1, -0.05) is 36.4 Å². The summed E-state index contributed by atoms with van der Waals surface area (Å²) in [6.07, 6.45) is -1.24. The quantitative estimate of drug-likeness (QED) is 0.810. The number of ether oxygens (including phenoxy) is 2. The fraction of sp³-hybridized carbons (Fsp3) is 0.263. The average molecular weight is 341 g/mol. The van der Waals surface area contributed by atoms with E-state index >= 15 is 0 Å². The molecule has 0 aliphatic carbocycles. The summed E-state index contributed by atoms with van der Waals surface area (Å²) >= 11 is 0. The highest BCUT2D eigenvalue weighted by Crippen LogP contribution is 2.20. The first-order valence-electron chi connectivity index (χ1n) is 8.05. The molecule has 6 nitrogen and oxygen atoms in total. The third-order valence-corrected chi connectivity index (χ3v) is 3.96.